The Morgan fingerprint density at radius 3 is 2.36 bits per heavy atom. The van der Waals surface area contributed by atoms with E-state index in [1.165, 1.54) is 28.2 Å². The molecule has 0 aliphatic rings. The number of rotatable bonds is 3. The van der Waals surface area contributed by atoms with E-state index in [2.05, 4.69) is 9.99 Å². The lowest BCUT2D eigenvalue weighted by Crippen LogP contribution is -2.23. The summed E-state index contributed by atoms with van der Waals surface area (Å²) in [6, 6.07) is 0. The smallest absolute Gasteiger partial charge is 0.296 e. The number of nitrogens with zero attached hydrogens (tertiary/aromatic N) is 3. The van der Waals surface area contributed by atoms with Crippen molar-refractivity contribution in [2.24, 2.45) is 5.16 Å². The van der Waals surface area contributed by atoms with E-state index in [1.54, 1.807) is 18.3 Å². The quantitative estimate of drug-likeness (QED) is 0.246. The molecular weight excluding hydrogens is 222 g/mol. The molecular formula is C7H15N3O2S2. The molecule has 0 radical (unpaired) electrons. The summed E-state index contributed by atoms with van der Waals surface area (Å²) >= 11 is 2.67. The minimum absolute atomic E-state index is 0.489. The first kappa shape index (κ1) is 13.6. The van der Waals surface area contributed by atoms with Crippen molar-refractivity contribution in [2.45, 2.75) is 6.92 Å². The number of carbonyl (C=O) groups is 1. The largest absolute Gasteiger partial charge is 0.446 e. The van der Waals surface area contributed by atoms with Crippen LogP contribution in [-0.4, -0.2) is 47.1 Å². The predicted molar refractivity (Wildman–Crippen MR) is 62.1 cm³/mol. The molecule has 0 aliphatic carbocycles. The second-order valence-electron chi connectivity index (χ2n) is 2.56. The first-order valence-corrected chi connectivity index (χ1v) is 5.81. The molecule has 0 aromatic carbocycles. The molecule has 0 N–H and O–H groups in total. The summed E-state index contributed by atoms with van der Waals surface area (Å²) in [7, 11) is 5.30. The molecule has 0 aliphatic heterocycles. The monoisotopic (exact) mass is 237 g/mol. The van der Waals surface area contributed by atoms with E-state index in [1.807, 2.05) is 20.4 Å². The Balaban J connectivity index is 3.96. The average Bonchev–Trinajstić information content (AvgIpc) is 2.12. The zero-order valence-corrected chi connectivity index (χ0v) is 10.6. The number of thioether (sulfide) groups is 1. The summed E-state index contributed by atoms with van der Waals surface area (Å²) in [4.78, 5) is 15.9. The summed E-state index contributed by atoms with van der Waals surface area (Å²) in [5, 5.41) is 4.34. The van der Waals surface area contributed by atoms with Crippen molar-refractivity contribution in [3.63, 3.8) is 0 Å². The van der Waals surface area contributed by atoms with Crippen molar-refractivity contribution in [1.29, 1.82) is 0 Å². The van der Waals surface area contributed by atoms with Gasteiger partial charge in [-0.3, -0.25) is 4.84 Å². The second kappa shape index (κ2) is 6.97. The van der Waals surface area contributed by atoms with Crippen LogP contribution in [0.25, 0.3) is 0 Å². The third-order valence-electron chi connectivity index (χ3n) is 1.09. The highest BCUT2D eigenvalue weighted by atomic mass is 32.2. The van der Waals surface area contributed by atoms with Gasteiger partial charge in [0.05, 0.1) is 0 Å². The fourth-order valence-corrected chi connectivity index (χ4v) is 1.18. The third kappa shape index (κ3) is 6.11. The second-order valence-corrected chi connectivity index (χ2v) is 5.00. The minimum Gasteiger partial charge on any atom is -0.296 e. The normalized spacial score (nSPS) is 11.7. The molecule has 0 fully saturated rings. The van der Waals surface area contributed by atoms with Gasteiger partial charge in [0.2, 0.25) is 0 Å². The van der Waals surface area contributed by atoms with Crippen LogP contribution in [-0.2, 0) is 4.84 Å². The van der Waals surface area contributed by atoms with Gasteiger partial charge in [0.15, 0.2) is 0 Å². The molecule has 0 saturated carbocycles. The molecule has 0 aromatic heterocycles. The van der Waals surface area contributed by atoms with Crippen molar-refractivity contribution in [3.8, 4) is 0 Å². The van der Waals surface area contributed by atoms with E-state index in [9.17, 15) is 4.79 Å². The summed E-state index contributed by atoms with van der Waals surface area (Å²) in [5.41, 5.74) is 0. The Bertz CT molecular complexity index is 221. The van der Waals surface area contributed by atoms with Gasteiger partial charge in [0, 0.05) is 19.2 Å². The molecule has 0 atom stereocenters. The summed E-state index contributed by atoms with van der Waals surface area (Å²) in [6.07, 6.45) is 1.38. The van der Waals surface area contributed by atoms with Gasteiger partial charge in [-0.1, -0.05) is 5.16 Å². The SMILES string of the molecule is CSC(C)=NOC(=O)N(C)SN(C)C. The molecule has 0 unspecified atom stereocenters. The standard InChI is InChI=1S/C7H15N3O2S2/c1-6(13-5)8-12-7(11)10(4)14-9(2)3/h1-5H3. The predicted octanol–water partition coefficient (Wildman–Crippen LogP) is 1.88. The van der Waals surface area contributed by atoms with Crippen LogP contribution in [0.4, 0.5) is 4.79 Å². The molecule has 0 heterocycles. The molecule has 1 amide bonds. The molecule has 14 heavy (non-hydrogen) atoms. The third-order valence-corrected chi connectivity index (χ3v) is 2.48. The molecule has 0 saturated heterocycles. The van der Waals surface area contributed by atoms with E-state index in [4.69, 9.17) is 0 Å². The lowest BCUT2D eigenvalue weighted by Gasteiger charge is -2.16. The van der Waals surface area contributed by atoms with Crippen molar-refractivity contribution in [1.82, 2.24) is 8.61 Å². The van der Waals surface area contributed by atoms with Crippen LogP contribution in [0.5, 0.6) is 0 Å². The lowest BCUT2D eigenvalue weighted by atomic mass is 10.9. The Morgan fingerprint density at radius 1 is 1.36 bits per heavy atom. The number of amides is 1. The van der Waals surface area contributed by atoms with Gasteiger partial charge in [-0.15, -0.1) is 11.8 Å². The molecule has 0 spiro atoms. The maximum Gasteiger partial charge on any atom is 0.446 e. The summed E-state index contributed by atoms with van der Waals surface area (Å²) in [5.74, 6) is 0. The highest BCUT2D eigenvalue weighted by molar-refractivity contribution is 8.13. The van der Waals surface area contributed by atoms with Crippen molar-refractivity contribution >= 4 is 35.0 Å². The molecule has 7 heteroatoms. The van der Waals surface area contributed by atoms with E-state index >= 15 is 0 Å². The van der Waals surface area contributed by atoms with Gasteiger partial charge in [-0.2, -0.15) is 0 Å². The maximum absolute atomic E-state index is 11.2. The highest BCUT2D eigenvalue weighted by Crippen LogP contribution is 2.10. The summed E-state index contributed by atoms with van der Waals surface area (Å²) < 4.78 is 3.14. The number of oxime groups is 1. The van der Waals surface area contributed by atoms with E-state index in [-0.39, 0.29) is 0 Å². The van der Waals surface area contributed by atoms with E-state index in [0.29, 0.717) is 5.04 Å². The fraction of sp³-hybridized carbons (Fsp3) is 0.714. The van der Waals surface area contributed by atoms with Crippen molar-refractivity contribution in [2.75, 3.05) is 27.4 Å². The van der Waals surface area contributed by atoms with Gasteiger partial charge in [-0.05, 0) is 27.3 Å². The molecule has 0 bridgehead atoms. The van der Waals surface area contributed by atoms with Gasteiger partial charge in [0.25, 0.3) is 0 Å². The van der Waals surface area contributed by atoms with E-state index < -0.39 is 6.09 Å². The molecule has 5 nitrogen and oxygen atoms in total. The van der Waals surface area contributed by atoms with Crippen LogP contribution >= 0.6 is 23.9 Å². The maximum atomic E-state index is 11.2. The van der Waals surface area contributed by atoms with Crippen molar-refractivity contribution in [3.05, 3.63) is 0 Å². The van der Waals surface area contributed by atoms with Gasteiger partial charge in [-0.25, -0.2) is 13.4 Å². The van der Waals surface area contributed by atoms with Gasteiger partial charge >= 0.3 is 6.09 Å². The number of carbonyl (C=O) groups excluding carboxylic acids is 1. The number of hydrogen-bond acceptors (Lipinski definition) is 6. The molecule has 82 valence electrons. The Hall–Kier alpha value is -0.400. The topological polar surface area (TPSA) is 45.1 Å². The van der Waals surface area contributed by atoms with Crippen molar-refractivity contribution < 1.29 is 9.63 Å². The minimum atomic E-state index is -0.489. The highest BCUT2D eigenvalue weighted by Gasteiger charge is 2.11. The van der Waals surface area contributed by atoms with E-state index in [0.717, 1.165) is 0 Å². The fourth-order valence-electron chi connectivity index (χ4n) is 0.476. The van der Waals surface area contributed by atoms with Crippen LogP contribution in [0.1, 0.15) is 6.92 Å². The Kier molecular flexibility index (Phi) is 6.77. The van der Waals surface area contributed by atoms with Crippen LogP contribution < -0.4 is 0 Å². The van der Waals surface area contributed by atoms with Crippen LogP contribution in [0.3, 0.4) is 0 Å². The molecule has 0 aromatic rings. The van der Waals surface area contributed by atoms with Crippen LogP contribution in [0.2, 0.25) is 0 Å². The first-order valence-electron chi connectivity index (χ1n) is 3.86. The zero-order valence-electron chi connectivity index (χ0n) is 8.97. The van der Waals surface area contributed by atoms with Gasteiger partial charge < -0.3 is 0 Å². The van der Waals surface area contributed by atoms with Crippen LogP contribution in [0, 0.1) is 0 Å². The zero-order chi connectivity index (χ0) is 11.1. The average molecular weight is 237 g/mol. The number of hydrogen-bond donors (Lipinski definition) is 0. The molecule has 0 rings (SSSR count). The van der Waals surface area contributed by atoms with Gasteiger partial charge in [0.1, 0.15) is 5.04 Å². The Labute approximate surface area is 93.1 Å². The van der Waals surface area contributed by atoms with Crippen LogP contribution in [0.15, 0.2) is 5.16 Å². The summed E-state index contributed by atoms with van der Waals surface area (Å²) in [6.45, 7) is 1.77. The Morgan fingerprint density at radius 2 is 1.93 bits per heavy atom. The first-order chi connectivity index (χ1) is 6.47. The lowest BCUT2D eigenvalue weighted by molar-refractivity contribution is 0.136.